The number of aromatic nitrogens is 2. The van der Waals surface area contributed by atoms with Crippen LogP contribution in [-0.4, -0.2) is 46.1 Å². The van der Waals surface area contributed by atoms with Crippen molar-refractivity contribution in [3.8, 4) is 0 Å². The summed E-state index contributed by atoms with van der Waals surface area (Å²) in [6.07, 6.45) is 0. The first-order valence-electron chi connectivity index (χ1n) is 7.24. The number of rotatable bonds is 1. The van der Waals surface area contributed by atoms with Crippen molar-refractivity contribution >= 4 is 17.4 Å². The number of fused-ring (bicyclic) bond motifs is 1. The van der Waals surface area contributed by atoms with Crippen molar-refractivity contribution in [2.75, 3.05) is 19.6 Å². The van der Waals surface area contributed by atoms with Gasteiger partial charge in [0.1, 0.15) is 4.88 Å². The second-order valence-corrected chi connectivity index (χ2v) is 7.74. The van der Waals surface area contributed by atoms with Crippen LogP contribution in [0.25, 0.3) is 0 Å². The highest BCUT2D eigenvalue weighted by atomic mass is 32.1. The molecule has 6 heteroatoms. The van der Waals surface area contributed by atoms with E-state index in [9.17, 15) is 4.79 Å². The van der Waals surface area contributed by atoms with Crippen LogP contribution in [-0.2, 0) is 5.41 Å². The summed E-state index contributed by atoms with van der Waals surface area (Å²) in [5.41, 5.74) is 0.688. The summed E-state index contributed by atoms with van der Waals surface area (Å²) >= 11 is 1.23. The molecule has 2 aliphatic heterocycles. The molecule has 0 aromatic carbocycles. The van der Waals surface area contributed by atoms with E-state index in [-0.39, 0.29) is 11.3 Å². The van der Waals surface area contributed by atoms with Crippen molar-refractivity contribution in [3.05, 3.63) is 10.6 Å². The third-order valence-electron chi connectivity index (χ3n) is 4.59. The number of likely N-dealkylation sites (tertiary alicyclic amines) is 1. The molecular formula is C14H22N4OS. The molecule has 0 bridgehead atoms. The van der Waals surface area contributed by atoms with E-state index in [0.717, 1.165) is 30.2 Å². The monoisotopic (exact) mass is 294 g/mol. The van der Waals surface area contributed by atoms with Gasteiger partial charge in [-0.05, 0) is 30.3 Å². The molecule has 2 fully saturated rings. The summed E-state index contributed by atoms with van der Waals surface area (Å²) in [5, 5.41) is 7.61. The number of hydrogen-bond donors (Lipinski definition) is 1. The van der Waals surface area contributed by atoms with E-state index < -0.39 is 0 Å². The smallest absolute Gasteiger partial charge is 0.267 e. The molecule has 20 heavy (non-hydrogen) atoms. The van der Waals surface area contributed by atoms with Crippen LogP contribution in [0, 0.1) is 11.8 Å². The Morgan fingerprint density at radius 2 is 2.15 bits per heavy atom. The van der Waals surface area contributed by atoms with Gasteiger partial charge in [0.2, 0.25) is 0 Å². The molecule has 0 spiro atoms. The van der Waals surface area contributed by atoms with Crippen LogP contribution in [0.1, 0.15) is 43.1 Å². The number of carbonyl (C=O) groups is 1. The van der Waals surface area contributed by atoms with E-state index in [4.69, 9.17) is 0 Å². The minimum absolute atomic E-state index is 0.117. The number of nitrogens with zero attached hydrogens (tertiary/aromatic N) is 3. The van der Waals surface area contributed by atoms with Crippen molar-refractivity contribution < 1.29 is 4.79 Å². The Bertz CT molecular complexity index is 521. The maximum absolute atomic E-state index is 12.9. The summed E-state index contributed by atoms with van der Waals surface area (Å²) in [5.74, 6) is 1.32. The van der Waals surface area contributed by atoms with Crippen LogP contribution in [0.2, 0.25) is 0 Å². The van der Waals surface area contributed by atoms with Gasteiger partial charge in [-0.15, -0.1) is 5.10 Å². The molecule has 3 rings (SSSR count). The van der Waals surface area contributed by atoms with Gasteiger partial charge in [-0.3, -0.25) is 4.79 Å². The zero-order valence-electron chi connectivity index (χ0n) is 12.5. The van der Waals surface area contributed by atoms with E-state index in [1.54, 1.807) is 0 Å². The first-order chi connectivity index (χ1) is 9.39. The number of nitrogens with one attached hydrogen (secondary N) is 1. The molecule has 3 heterocycles. The van der Waals surface area contributed by atoms with E-state index >= 15 is 0 Å². The normalized spacial score (nSPS) is 29.8. The standard InChI is InChI=1S/C14H22N4OS/c1-8-10-6-15-5-9(10)7-18(8)13(19)11-12(14(2,3)4)16-17-20-11/h8-10,15H,5-7H2,1-4H3. The van der Waals surface area contributed by atoms with E-state index in [0.29, 0.717) is 17.9 Å². The topological polar surface area (TPSA) is 58.1 Å². The summed E-state index contributed by atoms with van der Waals surface area (Å²) in [4.78, 5) is 15.6. The second kappa shape index (κ2) is 4.77. The lowest BCUT2D eigenvalue weighted by molar-refractivity contribution is 0.0730. The molecule has 2 aliphatic rings. The SMILES string of the molecule is CC1C2CNCC2CN1C(=O)c1snnc1C(C)(C)C. The average Bonchev–Trinajstić information content (AvgIpc) is 3.04. The Morgan fingerprint density at radius 3 is 2.80 bits per heavy atom. The molecule has 0 aliphatic carbocycles. The molecule has 0 radical (unpaired) electrons. The van der Waals surface area contributed by atoms with E-state index in [2.05, 4.69) is 42.6 Å². The van der Waals surface area contributed by atoms with Gasteiger partial charge >= 0.3 is 0 Å². The van der Waals surface area contributed by atoms with Crippen LogP contribution in [0.4, 0.5) is 0 Å². The molecule has 0 saturated carbocycles. The molecule has 3 atom stereocenters. The molecule has 1 aromatic heterocycles. The summed E-state index contributed by atoms with van der Waals surface area (Å²) in [7, 11) is 0. The second-order valence-electron chi connectivity index (χ2n) is 6.98. The van der Waals surface area contributed by atoms with Gasteiger partial charge in [-0.1, -0.05) is 25.3 Å². The van der Waals surface area contributed by atoms with Gasteiger partial charge in [-0.2, -0.15) is 0 Å². The highest BCUT2D eigenvalue weighted by Gasteiger charge is 2.45. The molecule has 1 amide bonds. The Kier molecular flexibility index (Phi) is 3.33. The number of amides is 1. The lowest BCUT2D eigenvalue weighted by Crippen LogP contribution is -2.38. The molecule has 1 N–H and O–H groups in total. The fraction of sp³-hybridized carbons (Fsp3) is 0.786. The minimum atomic E-state index is -0.140. The van der Waals surface area contributed by atoms with Crippen LogP contribution in [0.15, 0.2) is 0 Å². The molecule has 2 saturated heterocycles. The highest BCUT2D eigenvalue weighted by Crippen LogP contribution is 2.35. The number of hydrogen-bond acceptors (Lipinski definition) is 5. The Labute approximate surface area is 123 Å². The Morgan fingerprint density at radius 1 is 1.40 bits per heavy atom. The molecule has 110 valence electrons. The van der Waals surface area contributed by atoms with E-state index in [1.807, 2.05) is 4.90 Å². The maximum atomic E-state index is 12.9. The van der Waals surface area contributed by atoms with Gasteiger partial charge in [0, 0.05) is 31.1 Å². The molecule has 1 aromatic rings. The molecule has 5 nitrogen and oxygen atoms in total. The highest BCUT2D eigenvalue weighted by molar-refractivity contribution is 7.08. The van der Waals surface area contributed by atoms with Crippen molar-refractivity contribution in [1.82, 2.24) is 19.8 Å². The zero-order chi connectivity index (χ0) is 14.5. The van der Waals surface area contributed by atoms with Crippen molar-refractivity contribution in [1.29, 1.82) is 0 Å². The first-order valence-corrected chi connectivity index (χ1v) is 8.01. The van der Waals surface area contributed by atoms with E-state index in [1.165, 1.54) is 11.5 Å². The van der Waals surface area contributed by atoms with Crippen LogP contribution in [0.5, 0.6) is 0 Å². The summed E-state index contributed by atoms with van der Waals surface area (Å²) in [6, 6.07) is 0.303. The van der Waals surface area contributed by atoms with Crippen molar-refractivity contribution in [2.24, 2.45) is 11.8 Å². The van der Waals surface area contributed by atoms with Gasteiger partial charge in [0.25, 0.3) is 5.91 Å². The average molecular weight is 294 g/mol. The number of carbonyl (C=O) groups excluding carboxylic acids is 1. The van der Waals surface area contributed by atoms with Gasteiger partial charge < -0.3 is 10.2 Å². The van der Waals surface area contributed by atoms with Gasteiger partial charge in [0.15, 0.2) is 0 Å². The first kappa shape index (κ1) is 13.9. The van der Waals surface area contributed by atoms with Gasteiger partial charge in [-0.25, -0.2) is 0 Å². The van der Waals surface area contributed by atoms with Crippen LogP contribution >= 0.6 is 11.5 Å². The largest absolute Gasteiger partial charge is 0.334 e. The van der Waals surface area contributed by atoms with Crippen molar-refractivity contribution in [3.63, 3.8) is 0 Å². The molecule has 3 unspecified atom stereocenters. The minimum Gasteiger partial charge on any atom is -0.334 e. The lowest BCUT2D eigenvalue weighted by atomic mass is 9.91. The predicted octanol–water partition coefficient (Wildman–Crippen LogP) is 1.52. The lowest BCUT2D eigenvalue weighted by Gasteiger charge is -2.25. The maximum Gasteiger partial charge on any atom is 0.267 e. The Hall–Kier alpha value is -1.01. The zero-order valence-corrected chi connectivity index (χ0v) is 13.3. The van der Waals surface area contributed by atoms with Crippen molar-refractivity contribution in [2.45, 2.75) is 39.2 Å². The fourth-order valence-electron chi connectivity index (χ4n) is 3.39. The van der Waals surface area contributed by atoms with Crippen LogP contribution < -0.4 is 5.32 Å². The molecular weight excluding hydrogens is 272 g/mol. The summed E-state index contributed by atoms with van der Waals surface area (Å²) < 4.78 is 4.01. The third kappa shape index (κ3) is 2.15. The Balaban J connectivity index is 1.85. The van der Waals surface area contributed by atoms with Crippen LogP contribution in [0.3, 0.4) is 0 Å². The third-order valence-corrected chi connectivity index (χ3v) is 5.30. The quantitative estimate of drug-likeness (QED) is 0.853. The fourth-order valence-corrected chi connectivity index (χ4v) is 4.22. The summed E-state index contributed by atoms with van der Waals surface area (Å²) in [6.45, 7) is 11.3. The predicted molar refractivity (Wildman–Crippen MR) is 79.0 cm³/mol. The van der Waals surface area contributed by atoms with Gasteiger partial charge in [0.05, 0.1) is 5.69 Å².